The van der Waals surface area contributed by atoms with Crippen LogP contribution in [0.5, 0.6) is 5.75 Å². The van der Waals surface area contributed by atoms with E-state index in [1.54, 1.807) is 7.11 Å². The molecule has 0 aliphatic carbocycles. The molecule has 76 valence electrons. The van der Waals surface area contributed by atoms with Crippen LogP contribution in [0.3, 0.4) is 0 Å². The lowest BCUT2D eigenvalue weighted by molar-refractivity contribution is 0.0506. The standard InChI is InChI=1S/C11H13BrO2/c1-3-4-9-5-6-11(10(12)7-9)14-8-13-2/h3,5-7H,1,4,8H2,2H3. The Labute approximate surface area is 92.7 Å². The first-order chi connectivity index (χ1) is 6.77. The van der Waals surface area contributed by atoms with Gasteiger partial charge in [-0.05, 0) is 40.0 Å². The van der Waals surface area contributed by atoms with Crippen LogP contribution in [0.15, 0.2) is 35.3 Å². The maximum Gasteiger partial charge on any atom is 0.188 e. The predicted octanol–water partition coefficient (Wildman–Crippen LogP) is 3.16. The van der Waals surface area contributed by atoms with E-state index >= 15 is 0 Å². The van der Waals surface area contributed by atoms with E-state index in [9.17, 15) is 0 Å². The number of hydrogen-bond donors (Lipinski definition) is 0. The summed E-state index contributed by atoms with van der Waals surface area (Å²) >= 11 is 3.43. The van der Waals surface area contributed by atoms with Crippen molar-refractivity contribution in [1.29, 1.82) is 0 Å². The van der Waals surface area contributed by atoms with Crippen molar-refractivity contribution in [1.82, 2.24) is 0 Å². The molecule has 14 heavy (non-hydrogen) atoms. The van der Waals surface area contributed by atoms with E-state index in [1.165, 1.54) is 5.56 Å². The van der Waals surface area contributed by atoms with Crippen LogP contribution in [0.1, 0.15) is 5.56 Å². The highest BCUT2D eigenvalue weighted by Gasteiger charge is 2.01. The Kier molecular flexibility index (Phi) is 4.70. The normalized spacial score (nSPS) is 9.86. The Hall–Kier alpha value is -0.800. The van der Waals surface area contributed by atoms with Crippen LogP contribution in [0.4, 0.5) is 0 Å². The summed E-state index contributed by atoms with van der Waals surface area (Å²) in [6.45, 7) is 3.95. The van der Waals surface area contributed by atoms with Gasteiger partial charge in [0.05, 0.1) is 4.47 Å². The summed E-state index contributed by atoms with van der Waals surface area (Å²) in [5.74, 6) is 0.791. The summed E-state index contributed by atoms with van der Waals surface area (Å²) in [6.07, 6.45) is 2.74. The van der Waals surface area contributed by atoms with Crippen LogP contribution in [-0.2, 0) is 11.2 Å². The Morgan fingerprint density at radius 1 is 1.50 bits per heavy atom. The Balaban J connectivity index is 2.73. The van der Waals surface area contributed by atoms with E-state index in [-0.39, 0.29) is 6.79 Å². The molecule has 0 saturated carbocycles. The van der Waals surface area contributed by atoms with Gasteiger partial charge in [0.1, 0.15) is 5.75 Å². The van der Waals surface area contributed by atoms with E-state index in [4.69, 9.17) is 9.47 Å². The fourth-order valence-corrected chi connectivity index (χ4v) is 1.62. The molecule has 0 amide bonds. The van der Waals surface area contributed by atoms with Gasteiger partial charge in [-0.1, -0.05) is 12.1 Å². The Bertz CT molecular complexity index is 310. The summed E-state index contributed by atoms with van der Waals surface area (Å²) in [6, 6.07) is 5.95. The smallest absolute Gasteiger partial charge is 0.188 e. The molecule has 1 aromatic carbocycles. The molecular formula is C11H13BrO2. The molecule has 0 heterocycles. The highest BCUT2D eigenvalue weighted by molar-refractivity contribution is 9.10. The van der Waals surface area contributed by atoms with Gasteiger partial charge in [-0.3, -0.25) is 0 Å². The largest absolute Gasteiger partial charge is 0.466 e. The van der Waals surface area contributed by atoms with Crippen LogP contribution >= 0.6 is 15.9 Å². The molecule has 2 nitrogen and oxygen atoms in total. The summed E-state index contributed by atoms with van der Waals surface area (Å²) in [4.78, 5) is 0. The predicted molar refractivity (Wildman–Crippen MR) is 60.5 cm³/mol. The molecule has 0 fully saturated rings. The van der Waals surface area contributed by atoms with Gasteiger partial charge in [-0.2, -0.15) is 0 Å². The third-order valence-electron chi connectivity index (χ3n) is 1.71. The van der Waals surface area contributed by atoms with Crippen molar-refractivity contribution in [2.24, 2.45) is 0 Å². The van der Waals surface area contributed by atoms with Gasteiger partial charge < -0.3 is 9.47 Å². The third-order valence-corrected chi connectivity index (χ3v) is 2.33. The van der Waals surface area contributed by atoms with Gasteiger partial charge in [-0.15, -0.1) is 6.58 Å². The van der Waals surface area contributed by atoms with Crippen LogP contribution in [0.25, 0.3) is 0 Å². The maximum atomic E-state index is 5.32. The van der Waals surface area contributed by atoms with E-state index in [1.807, 2.05) is 24.3 Å². The van der Waals surface area contributed by atoms with Crippen LogP contribution in [-0.4, -0.2) is 13.9 Å². The number of halogens is 1. The second-order valence-electron chi connectivity index (χ2n) is 2.81. The highest BCUT2D eigenvalue weighted by atomic mass is 79.9. The molecule has 1 rings (SSSR count). The Morgan fingerprint density at radius 2 is 2.29 bits per heavy atom. The second-order valence-corrected chi connectivity index (χ2v) is 3.66. The molecule has 0 saturated heterocycles. The van der Waals surface area contributed by atoms with E-state index in [2.05, 4.69) is 22.5 Å². The molecular weight excluding hydrogens is 244 g/mol. The Morgan fingerprint density at radius 3 is 2.86 bits per heavy atom. The number of allylic oxidation sites excluding steroid dienone is 1. The molecule has 0 radical (unpaired) electrons. The number of ether oxygens (including phenoxy) is 2. The molecule has 0 aromatic heterocycles. The summed E-state index contributed by atoms with van der Waals surface area (Å²) in [5.41, 5.74) is 1.21. The average Bonchev–Trinajstić information content (AvgIpc) is 2.17. The number of rotatable bonds is 5. The number of hydrogen-bond acceptors (Lipinski definition) is 2. The highest BCUT2D eigenvalue weighted by Crippen LogP contribution is 2.26. The summed E-state index contributed by atoms with van der Waals surface area (Å²) in [7, 11) is 1.60. The van der Waals surface area contributed by atoms with Crippen molar-refractivity contribution < 1.29 is 9.47 Å². The monoisotopic (exact) mass is 256 g/mol. The van der Waals surface area contributed by atoms with Gasteiger partial charge in [0.25, 0.3) is 0 Å². The SMILES string of the molecule is C=CCc1ccc(OCOC)c(Br)c1. The minimum Gasteiger partial charge on any atom is -0.466 e. The molecule has 0 spiro atoms. The molecule has 0 N–H and O–H groups in total. The third kappa shape index (κ3) is 3.16. The van der Waals surface area contributed by atoms with Gasteiger partial charge in [0, 0.05) is 7.11 Å². The first-order valence-electron chi connectivity index (χ1n) is 4.29. The van der Waals surface area contributed by atoms with E-state index < -0.39 is 0 Å². The molecule has 0 bridgehead atoms. The van der Waals surface area contributed by atoms with Crippen LogP contribution in [0.2, 0.25) is 0 Å². The van der Waals surface area contributed by atoms with Gasteiger partial charge >= 0.3 is 0 Å². The van der Waals surface area contributed by atoms with Gasteiger partial charge in [0.2, 0.25) is 0 Å². The van der Waals surface area contributed by atoms with E-state index in [0.717, 1.165) is 16.6 Å². The summed E-state index contributed by atoms with van der Waals surface area (Å²) < 4.78 is 11.1. The molecule has 0 aliphatic heterocycles. The zero-order valence-electron chi connectivity index (χ0n) is 8.13. The molecule has 0 aliphatic rings. The van der Waals surface area contributed by atoms with Crippen LogP contribution in [0, 0.1) is 0 Å². The first kappa shape index (κ1) is 11.3. The molecule has 3 heteroatoms. The molecule has 0 atom stereocenters. The minimum absolute atomic E-state index is 0.263. The van der Waals surface area contributed by atoms with E-state index in [0.29, 0.717) is 0 Å². The number of benzene rings is 1. The zero-order chi connectivity index (χ0) is 10.4. The van der Waals surface area contributed by atoms with Crippen molar-refractivity contribution in [3.8, 4) is 5.75 Å². The van der Waals surface area contributed by atoms with Gasteiger partial charge in [0.15, 0.2) is 6.79 Å². The lowest BCUT2D eigenvalue weighted by Crippen LogP contribution is -1.99. The van der Waals surface area contributed by atoms with Crippen molar-refractivity contribution in [2.45, 2.75) is 6.42 Å². The van der Waals surface area contributed by atoms with Crippen molar-refractivity contribution in [2.75, 3.05) is 13.9 Å². The quantitative estimate of drug-likeness (QED) is 0.595. The van der Waals surface area contributed by atoms with Gasteiger partial charge in [-0.25, -0.2) is 0 Å². The fourth-order valence-electron chi connectivity index (χ4n) is 1.08. The zero-order valence-corrected chi connectivity index (χ0v) is 9.71. The maximum absolute atomic E-state index is 5.32. The fraction of sp³-hybridized carbons (Fsp3) is 0.273. The van der Waals surface area contributed by atoms with Crippen molar-refractivity contribution in [3.63, 3.8) is 0 Å². The summed E-state index contributed by atoms with van der Waals surface area (Å²) in [5, 5.41) is 0. The average molecular weight is 257 g/mol. The van der Waals surface area contributed by atoms with Crippen LogP contribution < -0.4 is 4.74 Å². The topological polar surface area (TPSA) is 18.5 Å². The number of methoxy groups -OCH3 is 1. The minimum atomic E-state index is 0.263. The van der Waals surface area contributed by atoms with Crippen molar-refractivity contribution in [3.05, 3.63) is 40.9 Å². The second kappa shape index (κ2) is 5.83. The lowest BCUT2D eigenvalue weighted by Gasteiger charge is -2.07. The lowest BCUT2D eigenvalue weighted by atomic mass is 10.1. The van der Waals surface area contributed by atoms with Crippen molar-refractivity contribution >= 4 is 15.9 Å². The molecule has 0 unspecified atom stereocenters. The molecule has 1 aromatic rings. The first-order valence-corrected chi connectivity index (χ1v) is 5.08.